The number of hydrogen-bond donors (Lipinski definition) is 0. The number of benzene rings is 2. The van der Waals surface area contributed by atoms with E-state index in [2.05, 4.69) is 31.2 Å². The molecule has 0 aliphatic heterocycles. The molecule has 2 aromatic carbocycles. The van der Waals surface area contributed by atoms with E-state index in [0.29, 0.717) is 39.6 Å². The van der Waals surface area contributed by atoms with Crippen LogP contribution in [0.2, 0.25) is 0 Å². The first-order chi connectivity index (χ1) is 18.1. The van der Waals surface area contributed by atoms with Gasteiger partial charge in [0.15, 0.2) is 0 Å². The molecule has 0 saturated carbocycles. The third kappa shape index (κ3) is 8.30. The SMILES string of the molecule is CCCCC(CC)C(=O)OCCOCCOCCN(C)C(=O)OCC1c2ccccc2-c2ccccc21. The first kappa shape index (κ1) is 28.7. The summed E-state index contributed by atoms with van der Waals surface area (Å²) in [6.07, 6.45) is 3.43. The number of carbonyl (C=O) groups is 2. The lowest BCUT2D eigenvalue weighted by Crippen LogP contribution is -2.32. The molecule has 1 aliphatic carbocycles. The van der Waals surface area contributed by atoms with Gasteiger partial charge in [-0.15, -0.1) is 0 Å². The Hall–Kier alpha value is -2.90. The van der Waals surface area contributed by atoms with Gasteiger partial charge in [0.05, 0.1) is 32.3 Å². The first-order valence-corrected chi connectivity index (χ1v) is 13.4. The zero-order chi connectivity index (χ0) is 26.5. The van der Waals surface area contributed by atoms with Gasteiger partial charge in [-0.05, 0) is 35.1 Å². The lowest BCUT2D eigenvalue weighted by Gasteiger charge is -2.19. The molecule has 3 rings (SSSR count). The van der Waals surface area contributed by atoms with E-state index in [-0.39, 0.29) is 30.5 Å². The summed E-state index contributed by atoms with van der Waals surface area (Å²) >= 11 is 0. The molecule has 0 saturated heterocycles. The van der Waals surface area contributed by atoms with Crippen LogP contribution in [0.15, 0.2) is 48.5 Å². The van der Waals surface area contributed by atoms with Crippen molar-refractivity contribution in [2.75, 3.05) is 53.2 Å². The number of esters is 1. The van der Waals surface area contributed by atoms with Crippen LogP contribution in [0.25, 0.3) is 11.1 Å². The molecule has 1 amide bonds. The van der Waals surface area contributed by atoms with E-state index in [0.717, 1.165) is 25.7 Å². The highest BCUT2D eigenvalue weighted by molar-refractivity contribution is 5.79. The normalized spacial score (nSPS) is 13.1. The van der Waals surface area contributed by atoms with E-state index in [1.54, 1.807) is 7.05 Å². The van der Waals surface area contributed by atoms with E-state index in [1.165, 1.54) is 27.2 Å². The summed E-state index contributed by atoms with van der Waals surface area (Å²) in [7, 11) is 1.71. The molecule has 0 radical (unpaired) electrons. The minimum atomic E-state index is -0.368. The van der Waals surface area contributed by atoms with Crippen LogP contribution in [0.5, 0.6) is 0 Å². The fourth-order valence-electron chi connectivity index (χ4n) is 4.58. The summed E-state index contributed by atoms with van der Waals surface area (Å²) in [5.41, 5.74) is 4.80. The zero-order valence-electron chi connectivity index (χ0n) is 22.4. The predicted molar refractivity (Wildman–Crippen MR) is 144 cm³/mol. The molecular weight excluding hydrogens is 470 g/mol. The molecule has 1 unspecified atom stereocenters. The molecule has 0 N–H and O–H groups in total. The van der Waals surface area contributed by atoms with Crippen LogP contribution in [-0.2, 0) is 23.7 Å². The van der Waals surface area contributed by atoms with E-state index >= 15 is 0 Å². The molecule has 1 aliphatic rings. The highest BCUT2D eigenvalue weighted by Gasteiger charge is 2.29. The van der Waals surface area contributed by atoms with Crippen LogP contribution in [0.4, 0.5) is 4.79 Å². The van der Waals surface area contributed by atoms with Crippen molar-refractivity contribution in [1.82, 2.24) is 4.90 Å². The Kier molecular flexibility index (Phi) is 11.9. The van der Waals surface area contributed by atoms with Crippen LogP contribution >= 0.6 is 0 Å². The van der Waals surface area contributed by atoms with Gasteiger partial charge < -0.3 is 23.8 Å². The van der Waals surface area contributed by atoms with Crippen molar-refractivity contribution < 1.29 is 28.5 Å². The van der Waals surface area contributed by atoms with Gasteiger partial charge in [-0.1, -0.05) is 75.2 Å². The summed E-state index contributed by atoms with van der Waals surface area (Å²) < 4.78 is 22.0. The number of amides is 1. The van der Waals surface area contributed by atoms with Crippen molar-refractivity contribution in [2.45, 2.75) is 45.4 Å². The molecular formula is C30H41NO6. The molecule has 0 spiro atoms. The van der Waals surface area contributed by atoms with Crippen LogP contribution in [0, 0.1) is 5.92 Å². The van der Waals surface area contributed by atoms with Crippen molar-refractivity contribution in [3.8, 4) is 11.1 Å². The monoisotopic (exact) mass is 511 g/mol. The fourth-order valence-corrected chi connectivity index (χ4v) is 4.58. The standard InChI is InChI=1S/C30H41NO6/c1-4-6-11-23(5-2)29(32)36-21-20-35-19-18-34-17-16-31(3)30(33)37-22-28-26-14-9-7-12-24(26)25-13-8-10-15-27(25)28/h7-10,12-15,23,28H,4-6,11,16-22H2,1-3H3. The Morgan fingerprint density at radius 2 is 1.43 bits per heavy atom. The van der Waals surface area contributed by atoms with Crippen LogP contribution < -0.4 is 0 Å². The Balaban J connectivity index is 1.26. The first-order valence-electron chi connectivity index (χ1n) is 13.4. The maximum atomic E-state index is 12.5. The second kappa shape index (κ2) is 15.4. The van der Waals surface area contributed by atoms with Crippen molar-refractivity contribution in [3.63, 3.8) is 0 Å². The molecule has 7 nitrogen and oxygen atoms in total. The second-order valence-corrected chi connectivity index (χ2v) is 9.37. The number of carbonyl (C=O) groups excluding carboxylic acids is 2. The van der Waals surface area contributed by atoms with E-state index in [1.807, 2.05) is 31.2 Å². The van der Waals surface area contributed by atoms with Crippen molar-refractivity contribution in [1.29, 1.82) is 0 Å². The Labute approximate surface area is 221 Å². The quantitative estimate of drug-likeness (QED) is 0.214. The highest BCUT2D eigenvalue weighted by Crippen LogP contribution is 2.44. The smallest absolute Gasteiger partial charge is 0.409 e. The van der Waals surface area contributed by atoms with Gasteiger partial charge >= 0.3 is 12.1 Å². The summed E-state index contributed by atoms with van der Waals surface area (Å²) in [6.45, 7) is 6.64. The van der Waals surface area contributed by atoms with E-state index < -0.39 is 0 Å². The van der Waals surface area contributed by atoms with Crippen LogP contribution in [0.1, 0.15) is 56.6 Å². The summed E-state index contributed by atoms with van der Waals surface area (Å²) in [4.78, 5) is 26.1. The maximum absolute atomic E-state index is 12.5. The number of ether oxygens (including phenoxy) is 4. The Morgan fingerprint density at radius 1 is 0.838 bits per heavy atom. The lowest BCUT2D eigenvalue weighted by atomic mass is 9.98. The minimum absolute atomic E-state index is 0.0169. The number of fused-ring (bicyclic) bond motifs is 3. The molecule has 1 atom stereocenters. The fraction of sp³-hybridized carbons (Fsp3) is 0.533. The van der Waals surface area contributed by atoms with Crippen molar-refractivity contribution in [2.24, 2.45) is 5.92 Å². The molecule has 202 valence electrons. The topological polar surface area (TPSA) is 74.3 Å². The van der Waals surface area contributed by atoms with Crippen molar-refractivity contribution >= 4 is 12.1 Å². The van der Waals surface area contributed by atoms with E-state index in [4.69, 9.17) is 18.9 Å². The van der Waals surface area contributed by atoms with Crippen molar-refractivity contribution in [3.05, 3.63) is 59.7 Å². The molecule has 37 heavy (non-hydrogen) atoms. The maximum Gasteiger partial charge on any atom is 0.409 e. The van der Waals surface area contributed by atoms with Gasteiger partial charge in [-0.3, -0.25) is 4.79 Å². The number of hydrogen-bond acceptors (Lipinski definition) is 6. The van der Waals surface area contributed by atoms with Crippen LogP contribution in [-0.4, -0.2) is 70.2 Å². The number of nitrogens with zero attached hydrogens (tertiary/aromatic N) is 1. The van der Waals surface area contributed by atoms with Gasteiger partial charge in [0.2, 0.25) is 0 Å². The minimum Gasteiger partial charge on any atom is -0.463 e. The van der Waals surface area contributed by atoms with Gasteiger partial charge in [0.25, 0.3) is 0 Å². The Morgan fingerprint density at radius 3 is 2.05 bits per heavy atom. The number of likely N-dealkylation sites (N-methyl/N-ethyl adjacent to an activating group) is 1. The van der Waals surface area contributed by atoms with Gasteiger partial charge in [0, 0.05) is 19.5 Å². The average molecular weight is 512 g/mol. The summed E-state index contributed by atoms with van der Waals surface area (Å²) in [5, 5.41) is 0. The van der Waals surface area contributed by atoms with E-state index in [9.17, 15) is 9.59 Å². The van der Waals surface area contributed by atoms with Crippen LogP contribution in [0.3, 0.4) is 0 Å². The largest absolute Gasteiger partial charge is 0.463 e. The molecule has 2 aromatic rings. The average Bonchev–Trinajstić information content (AvgIpc) is 3.24. The zero-order valence-corrected chi connectivity index (χ0v) is 22.4. The molecule has 0 heterocycles. The summed E-state index contributed by atoms with van der Waals surface area (Å²) in [6, 6.07) is 16.6. The molecule has 7 heteroatoms. The predicted octanol–water partition coefficient (Wildman–Crippen LogP) is 5.66. The summed E-state index contributed by atoms with van der Waals surface area (Å²) in [5.74, 6) is -0.106. The number of rotatable bonds is 16. The third-order valence-electron chi connectivity index (χ3n) is 6.80. The third-order valence-corrected chi connectivity index (χ3v) is 6.80. The van der Waals surface area contributed by atoms with Gasteiger partial charge in [-0.25, -0.2) is 4.79 Å². The highest BCUT2D eigenvalue weighted by atomic mass is 16.6. The lowest BCUT2D eigenvalue weighted by molar-refractivity contribution is -0.150. The molecule has 0 bridgehead atoms. The Bertz CT molecular complexity index is 948. The molecule has 0 aromatic heterocycles. The van der Waals surface area contributed by atoms with Gasteiger partial charge in [-0.2, -0.15) is 0 Å². The molecule has 0 fully saturated rings. The second-order valence-electron chi connectivity index (χ2n) is 9.37. The number of unbranched alkanes of at least 4 members (excludes halogenated alkanes) is 1. The van der Waals surface area contributed by atoms with Gasteiger partial charge in [0.1, 0.15) is 13.2 Å².